The van der Waals surface area contributed by atoms with Crippen LogP contribution in [0.3, 0.4) is 0 Å². The highest BCUT2D eigenvalue weighted by atomic mass is 16.7. The zero-order valence-electron chi connectivity index (χ0n) is 14.2. The van der Waals surface area contributed by atoms with E-state index < -0.39 is 0 Å². The molecule has 4 rings (SSSR count). The van der Waals surface area contributed by atoms with E-state index in [0.717, 1.165) is 17.9 Å². The third kappa shape index (κ3) is 3.72. The van der Waals surface area contributed by atoms with E-state index in [1.807, 2.05) is 18.2 Å². The molecule has 1 aromatic carbocycles. The highest BCUT2D eigenvalue weighted by Gasteiger charge is 2.40. The Morgan fingerprint density at radius 1 is 1.16 bits per heavy atom. The molecule has 3 atom stereocenters. The number of rotatable bonds is 6. The second-order valence-corrected chi connectivity index (χ2v) is 7.26. The third-order valence-corrected chi connectivity index (χ3v) is 5.60. The van der Waals surface area contributed by atoms with E-state index in [-0.39, 0.29) is 25.3 Å². The first-order valence-electron chi connectivity index (χ1n) is 8.98. The first-order chi connectivity index (χ1) is 12.2. The quantitative estimate of drug-likeness (QED) is 0.802. The first-order valence-corrected chi connectivity index (χ1v) is 8.98. The molecule has 3 aliphatic rings. The summed E-state index contributed by atoms with van der Waals surface area (Å²) in [5, 5.41) is 2.75. The minimum atomic E-state index is -0.293. The molecule has 0 radical (unpaired) electrons. The molecule has 1 heterocycles. The van der Waals surface area contributed by atoms with Crippen LogP contribution in [0, 0.1) is 17.8 Å². The highest BCUT2D eigenvalue weighted by molar-refractivity contribution is 5.80. The molecule has 25 heavy (non-hydrogen) atoms. The van der Waals surface area contributed by atoms with Gasteiger partial charge in [-0.15, -0.1) is 0 Å². The summed E-state index contributed by atoms with van der Waals surface area (Å²) in [5.41, 5.74) is 0.908. The fraction of sp³-hybridized carbons (Fsp3) is 0.579. The van der Waals surface area contributed by atoms with Gasteiger partial charge >= 0.3 is 5.97 Å². The minimum Gasteiger partial charge on any atom is -0.456 e. The van der Waals surface area contributed by atoms with Gasteiger partial charge in [-0.3, -0.25) is 9.59 Å². The summed E-state index contributed by atoms with van der Waals surface area (Å²) in [6.45, 7) is 0.368. The summed E-state index contributed by atoms with van der Waals surface area (Å²) in [7, 11) is 0. The van der Waals surface area contributed by atoms with Gasteiger partial charge in [0.2, 0.25) is 6.79 Å². The molecular formula is C19H23NO5. The fourth-order valence-electron chi connectivity index (χ4n) is 4.35. The summed E-state index contributed by atoms with van der Waals surface area (Å²) in [6.07, 6.45) is 5.44. The fourth-order valence-corrected chi connectivity index (χ4v) is 4.35. The monoisotopic (exact) mass is 345 g/mol. The van der Waals surface area contributed by atoms with Gasteiger partial charge in [0.1, 0.15) is 0 Å². The van der Waals surface area contributed by atoms with Crippen LogP contribution in [0.2, 0.25) is 0 Å². The summed E-state index contributed by atoms with van der Waals surface area (Å²) >= 11 is 0. The number of carbonyl (C=O) groups is 2. The van der Waals surface area contributed by atoms with Gasteiger partial charge in [-0.25, -0.2) is 0 Å². The Bertz CT molecular complexity index is 674. The van der Waals surface area contributed by atoms with Crippen molar-refractivity contribution in [2.24, 2.45) is 17.8 Å². The normalized spacial score (nSPS) is 25.8. The van der Waals surface area contributed by atoms with E-state index in [1.165, 1.54) is 19.3 Å². The Hall–Kier alpha value is -2.24. The van der Waals surface area contributed by atoms with Crippen molar-refractivity contribution in [2.75, 3.05) is 13.4 Å². The average Bonchev–Trinajstić information content (AvgIpc) is 3.33. The molecule has 1 aliphatic heterocycles. The molecule has 0 saturated heterocycles. The van der Waals surface area contributed by atoms with Crippen LogP contribution < -0.4 is 14.8 Å². The lowest BCUT2D eigenvalue weighted by atomic mass is 9.86. The molecular weight excluding hydrogens is 322 g/mol. The van der Waals surface area contributed by atoms with Crippen LogP contribution in [-0.4, -0.2) is 25.3 Å². The molecule has 0 unspecified atom stereocenters. The Morgan fingerprint density at radius 3 is 2.84 bits per heavy atom. The van der Waals surface area contributed by atoms with Crippen molar-refractivity contribution in [3.8, 4) is 11.5 Å². The van der Waals surface area contributed by atoms with Gasteiger partial charge in [0.25, 0.3) is 5.91 Å². The predicted molar refractivity (Wildman–Crippen MR) is 88.9 cm³/mol. The van der Waals surface area contributed by atoms with Gasteiger partial charge < -0.3 is 19.5 Å². The van der Waals surface area contributed by atoms with Gasteiger partial charge in [0.05, 0.1) is 0 Å². The van der Waals surface area contributed by atoms with Crippen LogP contribution >= 0.6 is 0 Å². The molecule has 0 spiro atoms. The van der Waals surface area contributed by atoms with Crippen LogP contribution in [0.25, 0.3) is 0 Å². The molecule has 2 fully saturated rings. The van der Waals surface area contributed by atoms with E-state index in [1.54, 1.807) is 0 Å². The van der Waals surface area contributed by atoms with Gasteiger partial charge in [0, 0.05) is 13.0 Å². The number of carbonyl (C=O) groups excluding carboxylic acids is 2. The van der Waals surface area contributed by atoms with Crippen molar-refractivity contribution in [2.45, 2.75) is 38.6 Å². The number of amides is 1. The predicted octanol–water partition coefficient (Wildman–Crippen LogP) is 2.40. The SMILES string of the molecule is O=C(COC(=O)C[C@H]1C[C@H]2CC[C@H]1C2)NCc1ccc2c(c1)OCO2. The highest BCUT2D eigenvalue weighted by Crippen LogP contribution is 2.49. The molecule has 2 saturated carbocycles. The molecule has 6 heteroatoms. The zero-order chi connectivity index (χ0) is 17.2. The van der Waals surface area contributed by atoms with Crippen molar-refractivity contribution in [1.29, 1.82) is 0 Å². The average molecular weight is 345 g/mol. The molecule has 2 bridgehead atoms. The van der Waals surface area contributed by atoms with E-state index >= 15 is 0 Å². The van der Waals surface area contributed by atoms with Crippen molar-refractivity contribution in [1.82, 2.24) is 5.32 Å². The van der Waals surface area contributed by atoms with Crippen LogP contribution in [-0.2, 0) is 20.9 Å². The Morgan fingerprint density at radius 2 is 2.04 bits per heavy atom. The van der Waals surface area contributed by atoms with Crippen LogP contribution in [0.15, 0.2) is 18.2 Å². The number of esters is 1. The van der Waals surface area contributed by atoms with Crippen molar-refractivity contribution >= 4 is 11.9 Å². The number of hydrogen-bond acceptors (Lipinski definition) is 5. The number of nitrogens with one attached hydrogen (secondary N) is 1. The topological polar surface area (TPSA) is 73.9 Å². The molecule has 1 amide bonds. The number of fused-ring (bicyclic) bond motifs is 3. The van der Waals surface area contributed by atoms with Gasteiger partial charge in [-0.1, -0.05) is 12.5 Å². The van der Waals surface area contributed by atoms with Crippen molar-refractivity contribution < 1.29 is 23.8 Å². The molecule has 0 aromatic heterocycles. The first kappa shape index (κ1) is 16.2. The molecule has 2 aliphatic carbocycles. The standard InChI is InChI=1S/C19H23NO5/c21-18(20-9-13-2-4-16-17(7-13)25-11-24-16)10-23-19(22)8-15-6-12-1-3-14(15)5-12/h2,4,7,12,14-15H,1,3,5-6,8-11H2,(H,20,21)/t12-,14-,15+/m0/s1. The Kier molecular flexibility index (Phi) is 4.51. The number of ether oxygens (including phenoxy) is 3. The summed E-state index contributed by atoms with van der Waals surface area (Å²) in [5.74, 6) is 2.82. The molecule has 134 valence electrons. The van der Waals surface area contributed by atoms with Crippen LogP contribution in [0.1, 0.15) is 37.7 Å². The second-order valence-electron chi connectivity index (χ2n) is 7.26. The maximum absolute atomic E-state index is 11.9. The number of hydrogen-bond donors (Lipinski definition) is 1. The van der Waals surface area contributed by atoms with E-state index in [9.17, 15) is 9.59 Å². The lowest BCUT2D eigenvalue weighted by Crippen LogP contribution is -2.29. The van der Waals surface area contributed by atoms with Gasteiger partial charge in [-0.2, -0.15) is 0 Å². The Labute approximate surface area is 146 Å². The molecule has 1 N–H and O–H groups in total. The van der Waals surface area contributed by atoms with E-state index in [0.29, 0.717) is 36.3 Å². The van der Waals surface area contributed by atoms with E-state index in [2.05, 4.69) is 5.32 Å². The van der Waals surface area contributed by atoms with Gasteiger partial charge in [0.15, 0.2) is 18.1 Å². The second kappa shape index (κ2) is 6.94. The molecule has 1 aromatic rings. The lowest BCUT2D eigenvalue weighted by molar-refractivity contribution is -0.149. The summed E-state index contributed by atoms with van der Waals surface area (Å²) in [6, 6.07) is 5.53. The molecule has 6 nitrogen and oxygen atoms in total. The maximum Gasteiger partial charge on any atom is 0.306 e. The maximum atomic E-state index is 11.9. The smallest absolute Gasteiger partial charge is 0.306 e. The Balaban J connectivity index is 1.17. The van der Waals surface area contributed by atoms with Crippen molar-refractivity contribution in [3.63, 3.8) is 0 Å². The minimum absolute atomic E-state index is 0.218. The lowest BCUT2D eigenvalue weighted by Gasteiger charge is -2.20. The van der Waals surface area contributed by atoms with Crippen LogP contribution in [0.4, 0.5) is 0 Å². The number of benzene rings is 1. The third-order valence-electron chi connectivity index (χ3n) is 5.60. The van der Waals surface area contributed by atoms with Gasteiger partial charge in [-0.05, 0) is 54.7 Å². The summed E-state index contributed by atoms with van der Waals surface area (Å²) < 4.78 is 15.7. The van der Waals surface area contributed by atoms with Crippen LogP contribution in [0.5, 0.6) is 11.5 Å². The van der Waals surface area contributed by atoms with Crippen molar-refractivity contribution in [3.05, 3.63) is 23.8 Å². The van der Waals surface area contributed by atoms with E-state index in [4.69, 9.17) is 14.2 Å². The summed E-state index contributed by atoms with van der Waals surface area (Å²) in [4.78, 5) is 23.8. The zero-order valence-corrected chi connectivity index (χ0v) is 14.2. The largest absolute Gasteiger partial charge is 0.456 e.